The van der Waals surface area contributed by atoms with Crippen molar-refractivity contribution in [2.24, 2.45) is 0 Å². The maximum Gasteiger partial charge on any atom is 0.234 e. The number of hydrogen-bond donors (Lipinski definition) is 2. The minimum atomic E-state index is -3.33. The molecule has 0 aliphatic rings. The molecule has 2 N–H and O–H groups in total. The molecule has 0 unspecified atom stereocenters. The Morgan fingerprint density at radius 3 is 2.34 bits per heavy atom. The van der Waals surface area contributed by atoms with Gasteiger partial charge >= 0.3 is 0 Å². The van der Waals surface area contributed by atoms with Crippen molar-refractivity contribution in [3.63, 3.8) is 0 Å². The third kappa shape index (κ3) is 5.81. The molecular weight excluding hydrogens is 410 g/mol. The molecule has 0 bridgehead atoms. The van der Waals surface area contributed by atoms with E-state index in [1.54, 1.807) is 24.3 Å². The van der Waals surface area contributed by atoms with Gasteiger partial charge in [-0.25, -0.2) is 8.42 Å². The van der Waals surface area contributed by atoms with Crippen molar-refractivity contribution in [2.45, 2.75) is 18.6 Å². The maximum atomic E-state index is 12.2. The Balaban J connectivity index is 1.69. The predicted molar refractivity (Wildman–Crippen MR) is 115 cm³/mol. The summed E-state index contributed by atoms with van der Waals surface area (Å²) in [5.41, 5.74) is 2.03. The lowest BCUT2D eigenvalue weighted by atomic mass is 10.2. The van der Waals surface area contributed by atoms with Crippen LogP contribution < -0.4 is 10.0 Å². The fourth-order valence-electron chi connectivity index (χ4n) is 2.64. The van der Waals surface area contributed by atoms with Crippen LogP contribution in [0.2, 0.25) is 0 Å². The molecule has 1 aromatic heterocycles. The van der Waals surface area contributed by atoms with E-state index in [1.165, 1.54) is 11.8 Å². The Hall–Kier alpha value is -2.85. The van der Waals surface area contributed by atoms with Crippen LogP contribution in [0.15, 0.2) is 59.8 Å². The number of carbonyl (C=O) groups is 1. The zero-order chi connectivity index (χ0) is 20.9. The fourth-order valence-corrected chi connectivity index (χ4v) is 4.01. The largest absolute Gasteiger partial charge is 0.325 e. The number of sulfonamides is 1. The van der Waals surface area contributed by atoms with Gasteiger partial charge in [0.05, 0.1) is 12.0 Å². The van der Waals surface area contributed by atoms with E-state index in [4.69, 9.17) is 0 Å². The predicted octanol–water partition coefficient (Wildman–Crippen LogP) is 3.07. The number of benzene rings is 2. The minimum Gasteiger partial charge on any atom is -0.325 e. The summed E-state index contributed by atoms with van der Waals surface area (Å²) < 4.78 is 27.0. The van der Waals surface area contributed by atoms with Crippen molar-refractivity contribution in [1.82, 2.24) is 14.8 Å². The number of thioether (sulfide) groups is 1. The number of para-hydroxylation sites is 1. The summed E-state index contributed by atoms with van der Waals surface area (Å²) in [6, 6.07) is 16.2. The Bertz CT molecular complexity index is 1080. The lowest BCUT2D eigenvalue weighted by Crippen LogP contribution is -2.14. The van der Waals surface area contributed by atoms with Crippen LogP contribution in [0.3, 0.4) is 0 Å². The molecule has 1 amide bonds. The molecule has 0 radical (unpaired) electrons. The minimum absolute atomic E-state index is 0.121. The Morgan fingerprint density at radius 1 is 1.03 bits per heavy atom. The first-order chi connectivity index (χ1) is 13.9. The first-order valence-electron chi connectivity index (χ1n) is 8.85. The first-order valence-corrected chi connectivity index (χ1v) is 11.7. The first kappa shape index (κ1) is 20.9. The highest BCUT2D eigenvalue weighted by Crippen LogP contribution is 2.25. The maximum absolute atomic E-state index is 12.2. The smallest absolute Gasteiger partial charge is 0.234 e. The lowest BCUT2D eigenvalue weighted by Gasteiger charge is -2.09. The SMILES string of the molecule is CCn1c(SCC(=O)Nc2ccccc2)nnc1-c1ccc(NS(C)(=O)=O)cc1. The number of amides is 1. The molecule has 0 aliphatic heterocycles. The average Bonchev–Trinajstić information content (AvgIpc) is 3.09. The number of nitrogens with one attached hydrogen (secondary N) is 2. The second kappa shape index (κ2) is 9.10. The van der Waals surface area contributed by atoms with Crippen LogP contribution in [0.4, 0.5) is 11.4 Å². The summed E-state index contributed by atoms with van der Waals surface area (Å²) in [5.74, 6) is 0.749. The van der Waals surface area contributed by atoms with Gasteiger partial charge in [-0.1, -0.05) is 30.0 Å². The number of aromatic nitrogens is 3. The summed E-state index contributed by atoms with van der Waals surface area (Å²) in [7, 11) is -3.33. The number of hydrogen-bond acceptors (Lipinski definition) is 6. The van der Waals surface area contributed by atoms with E-state index < -0.39 is 10.0 Å². The molecule has 0 saturated heterocycles. The van der Waals surface area contributed by atoms with Crippen molar-refractivity contribution in [3.05, 3.63) is 54.6 Å². The molecule has 0 fully saturated rings. The van der Waals surface area contributed by atoms with Gasteiger partial charge in [0.25, 0.3) is 0 Å². The molecule has 10 heteroatoms. The summed E-state index contributed by atoms with van der Waals surface area (Å²) >= 11 is 1.31. The number of carbonyl (C=O) groups excluding carboxylic acids is 1. The highest BCUT2D eigenvalue weighted by atomic mass is 32.2. The molecule has 29 heavy (non-hydrogen) atoms. The third-order valence-electron chi connectivity index (χ3n) is 3.87. The van der Waals surface area contributed by atoms with Crippen molar-refractivity contribution in [2.75, 3.05) is 22.0 Å². The van der Waals surface area contributed by atoms with Crippen LogP contribution in [0.1, 0.15) is 6.92 Å². The van der Waals surface area contributed by atoms with Gasteiger partial charge in [-0.3, -0.25) is 9.52 Å². The van der Waals surface area contributed by atoms with E-state index in [0.29, 0.717) is 23.2 Å². The van der Waals surface area contributed by atoms with Gasteiger partial charge in [0.2, 0.25) is 15.9 Å². The van der Waals surface area contributed by atoms with Gasteiger partial charge in [-0.15, -0.1) is 10.2 Å². The van der Waals surface area contributed by atoms with Crippen LogP contribution >= 0.6 is 11.8 Å². The molecule has 2 aromatic carbocycles. The molecule has 1 heterocycles. The van der Waals surface area contributed by atoms with Crippen LogP contribution in [0, 0.1) is 0 Å². The molecule has 0 spiro atoms. The highest BCUT2D eigenvalue weighted by Gasteiger charge is 2.15. The second-order valence-electron chi connectivity index (χ2n) is 6.20. The van der Waals surface area contributed by atoms with Gasteiger partial charge in [-0.05, 0) is 43.3 Å². The van der Waals surface area contributed by atoms with Gasteiger partial charge in [0, 0.05) is 23.5 Å². The van der Waals surface area contributed by atoms with Gasteiger partial charge < -0.3 is 9.88 Å². The normalized spacial score (nSPS) is 11.2. The highest BCUT2D eigenvalue weighted by molar-refractivity contribution is 7.99. The molecule has 0 aliphatic carbocycles. The topological polar surface area (TPSA) is 106 Å². The Kier molecular flexibility index (Phi) is 6.55. The van der Waals surface area contributed by atoms with E-state index in [9.17, 15) is 13.2 Å². The zero-order valence-electron chi connectivity index (χ0n) is 16.0. The van der Waals surface area contributed by atoms with E-state index >= 15 is 0 Å². The Labute approximate surface area is 173 Å². The van der Waals surface area contributed by atoms with E-state index in [1.807, 2.05) is 41.8 Å². The summed E-state index contributed by atoms with van der Waals surface area (Å²) in [6.07, 6.45) is 1.10. The molecule has 3 rings (SSSR count). The zero-order valence-corrected chi connectivity index (χ0v) is 17.6. The monoisotopic (exact) mass is 431 g/mol. The van der Waals surface area contributed by atoms with Crippen LogP contribution in [-0.2, 0) is 21.4 Å². The lowest BCUT2D eigenvalue weighted by molar-refractivity contribution is -0.113. The van der Waals surface area contributed by atoms with Gasteiger partial charge in [0.1, 0.15) is 0 Å². The molecular formula is C19H21N5O3S2. The molecule has 0 saturated carbocycles. The summed E-state index contributed by atoms with van der Waals surface area (Å²) in [5, 5.41) is 11.9. The van der Waals surface area contributed by atoms with Crippen molar-refractivity contribution >= 4 is 39.1 Å². The van der Waals surface area contributed by atoms with Crippen molar-refractivity contribution < 1.29 is 13.2 Å². The van der Waals surface area contributed by atoms with Crippen molar-refractivity contribution in [3.8, 4) is 11.4 Å². The van der Waals surface area contributed by atoms with Crippen molar-refractivity contribution in [1.29, 1.82) is 0 Å². The Morgan fingerprint density at radius 2 is 1.72 bits per heavy atom. The summed E-state index contributed by atoms with van der Waals surface area (Å²) in [4.78, 5) is 12.2. The van der Waals surface area contributed by atoms with Crippen LogP contribution in [0.25, 0.3) is 11.4 Å². The van der Waals surface area contributed by atoms with Crippen LogP contribution in [-0.4, -0.2) is 41.1 Å². The van der Waals surface area contributed by atoms with Crippen LogP contribution in [0.5, 0.6) is 0 Å². The standard InChI is InChI=1S/C19H21N5O3S2/c1-3-24-18(14-9-11-16(12-10-14)23-29(2,26)27)21-22-19(24)28-13-17(25)20-15-7-5-4-6-8-15/h4-12,23H,3,13H2,1-2H3,(H,20,25). The molecule has 0 atom stereocenters. The molecule has 152 valence electrons. The second-order valence-corrected chi connectivity index (χ2v) is 8.90. The molecule has 8 nitrogen and oxygen atoms in total. The van der Waals surface area contributed by atoms with Gasteiger partial charge in [-0.2, -0.15) is 0 Å². The third-order valence-corrected chi connectivity index (χ3v) is 5.44. The number of rotatable bonds is 8. The fraction of sp³-hybridized carbons (Fsp3) is 0.211. The number of nitrogens with zero attached hydrogens (tertiary/aromatic N) is 3. The summed E-state index contributed by atoms with van der Waals surface area (Å²) in [6.45, 7) is 2.61. The van der Waals surface area contributed by atoms with E-state index in [-0.39, 0.29) is 11.7 Å². The molecule has 3 aromatic rings. The average molecular weight is 432 g/mol. The van der Waals surface area contributed by atoms with Gasteiger partial charge in [0.15, 0.2) is 11.0 Å². The quantitative estimate of drug-likeness (QED) is 0.531. The van der Waals surface area contributed by atoms with E-state index in [0.717, 1.165) is 17.5 Å². The number of anilines is 2. The van der Waals surface area contributed by atoms with E-state index in [2.05, 4.69) is 20.2 Å².